The maximum absolute atomic E-state index is 15.2. The number of rotatable bonds is 5. The summed E-state index contributed by atoms with van der Waals surface area (Å²) in [5.74, 6) is -4.91. The van der Waals surface area contributed by atoms with Crippen molar-refractivity contribution in [1.29, 1.82) is 0 Å². The highest BCUT2D eigenvalue weighted by Gasteiger charge is 2.70. The first kappa shape index (κ1) is 31.9. The quantitative estimate of drug-likeness (QED) is 0.248. The number of aromatic hydroxyl groups is 1. The molecule has 7 rings (SSSR count). The smallest absolute Gasteiger partial charge is 0.260 e. The van der Waals surface area contributed by atoms with Crippen molar-refractivity contribution in [2.45, 2.75) is 57.4 Å². The zero-order valence-electron chi connectivity index (χ0n) is 27.5. The first-order valence-electron chi connectivity index (χ1n) is 16.2. The van der Waals surface area contributed by atoms with Gasteiger partial charge in [-0.05, 0) is 81.8 Å². The van der Waals surface area contributed by atoms with Crippen LogP contribution in [0.5, 0.6) is 11.5 Å². The Labute approximate surface area is 284 Å². The number of phenols is 1. The number of ether oxygens (including phenoxy) is 1. The molecule has 0 bridgehead atoms. The van der Waals surface area contributed by atoms with E-state index in [4.69, 9.17) is 16.3 Å². The van der Waals surface area contributed by atoms with Gasteiger partial charge >= 0.3 is 0 Å². The van der Waals surface area contributed by atoms with Crippen LogP contribution >= 0.6 is 11.6 Å². The predicted molar refractivity (Wildman–Crippen MR) is 180 cm³/mol. The molecular weight excluding hydrogens is 630 g/mol. The number of nitrogens with one attached hydrogen (secondary N) is 1. The summed E-state index contributed by atoms with van der Waals surface area (Å²) in [5.41, 5.74) is 4.52. The number of methoxy groups -OCH3 is 1. The van der Waals surface area contributed by atoms with Crippen molar-refractivity contribution in [2.75, 3.05) is 12.5 Å². The molecule has 3 aromatic carbocycles. The molecule has 9 nitrogen and oxygen atoms in total. The fraction of sp³-hybridized carbons (Fsp3) is 0.368. The van der Waals surface area contributed by atoms with Crippen LogP contribution in [0.2, 0.25) is 5.02 Å². The molecule has 2 N–H and O–H groups in total. The lowest BCUT2D eigenvalue weighted by molar-refractivity contribution is -0.146. The molecule has 48 heavy (non-hydrogen) atoms. The van der Waals surface area contributed by atoms with Crippen molar-refractivity contribution in [2.24, 2.45) is 23.7 Å². The number of benzene rings is 3. The number of carbonyl (C=O) groups excluding carboxylic acids is 4. The Morgan fingerprint density at radius 2 is 1.62 bits per heavy atom. The van der Waals surface area contributed by atoms with Gasteiger partial charge in [0.05, 0.1) is 41.0 Å². The molecule has 4 aliphatic rings. The summed E-state index contributed by atoms with van der Waals surface area (Å²) in [5, 5.41) is 11.9. The van der Waals surface area contributed by atoms with Crippen LogP contribution < -0.4 is 10.2 Å². The lowest BCUT2D eigenvalue weighted by atomic mass is 9.49. The number of likely N-dealkylation sites (tertiary alicyclic amines) is 1. The van der Waals surface area contributed by atoms with Crippen molar-refractivity contribution in [1.82, 2.24) is 9.91 Å². The highest BCUT2D eigenvalue weighted by Crippen LogP contribution is 2.64. The molecular formula is C38H38ClN3O6. The minimum Gasteiger partial charge on any atom is -0.503 e. The Bertz CT molecular complexity index is 1880. The first-order chi connectivity index (χ1) is 22.8. The highest BCUT2D eigenvalue weighted by atomic mass is 35.5. The average Bonchev–Trinajstić information content (AvgIpc) is 3.45. The van der Waals surface area contributed by atoms with E-state index in [1.54, 1.807) is 12.1 Å². The number of nitrogens with zero attached hydrogens (tertiary/aromatic N) is 2. The van der Waals surface area contributed by atoms with E-state index in [-0.39, 0.29) is 34.8 Å². The second-order valence-electron chi connectivity index (χ2n) is 14.3. The van der Waals surface area contributed by atoms with Crippen molar-refractivity contribution in [3.63, 3.8) is 0 Å². The van der Waals surface area contributed by atoms with Gasteiger partial charge in [-0.3, -0.25) is 29.5 Å². The Kier molecular flexibility index (Phi) is 7.47. The van der Waals surface area contributed by atoms with Crippen molar-refractivity contribution in [3.8, 4) is 11.5 Å². The topological polar surface area (TPSA) is 116 Å². The highest BCUT2D eigenvalue weighted by molar-refractivity contribution is 6.32. The van der Waals surface area contributed by atoms with Crippen LogP contribution in [0.3, 0.4) is 0 Å². The molecule has 1 saturated carbocycles. The van der Waals surface area contributed by atoms with E-state index in [2.05, 4.69) is 5.43 Å². The number of hydrogen-bond donors (Lipinski definition) is 2. The molecule has 0 radical (unpaired) electrons. The second kappa shape index (κ2) is 11.2. The fourth-order valence-electron chi connectivity index (χ4n) is 8.70. The van der Waals surface area contributed by atoms with E-state index < -0.39 is 52.4 Å². The normalized spacial score (nSPS) is 28.2. The molecule has 0 spiro atoms. The first-order valence-corrected chi connectivity index (χ1v) is 16.6. The Morgan fingerprint density at radius 1 is 0.938 bits per heavy atom. The van der Waals surface area contributed by atoms with Gasteiger partial charge in [-0.15, -0.1) is 0 Å². The minimum absolute atomic E-state index is 0.0259. The second-order valence-corrected chi connectivity index (χ2v) is 14.7. The summed E-state index contributed by atoms with van der Waals surface area (Å²) in [4.78, 5) is 59.3. The zero-order chi connectivity index (χ0) is 34.3. The van der Waals surface area contributed by atoms with Gasteiger partial charge in [-0.2, -0.15) is 5.01 Å². The van der Waals surface area contributed by atoms with E-state index >= 15 is 4.79 Å². The molecule has 3 aromatic rings. The summed E-state index contributed by atoms with van der Waals surface area (Å²) in [6, 6.07) is 19.9. The van der Waals surface area contributed by atoms with Crippen LogP contribution in [0.25, 0.3) is 0 Å². The number of allylic oxidation sites excluding steroid dienone is 2. The summed E-state index contributed by atoms with van der Waals surface area (Å²) >= 11 is 6.61. The number of anilines is 1. The van der Waals surface area contributed by atoms with Crippen LogP contribution in [-0.2, 0) is 24.6 Å². The van der Waals surface area contributed by atoms with Gasteiger partial charge in [0.1, 0.15) is 0 Å². The molecule has 4 amide bonds. The number of hydrazine groups is 1. The fourth-order valence-corrected chi connectivity index (χ4v) is 8.92. The van der Waals surface area contributed by atoms with Crippen molar-refractivity contribution < 1.29 is 29.0 Å². The Hall–Kier alpha value is -4.63. The minimum atomic E-state index is -1.45. The maximum Gasteiger partial charge on any atom is 0.260 e. The third-order valence-electron chi connectivity index (χ3n) is 10.7. The lowest BCUT2D eigenvalue weighted by Gasteiger charge is -2.50. The van der Waals surface area contributed by atoms with Gasteiger partial charge in [0.25, 0.3) is 11.8 Å². The number of aryl methyl sites for hydroxylation is 1. The van der Waals surface area contributed by atoms with E-state index in [1.807, 2.05) is 88.4 Å². The number of amides is 4. The molecule has 2 aliphatic carbocycles. The molecule has 10 heteroatoms. The predicted octanol–water partition coefficient (Wildman–Crippen LogP) is 6.15. The molecule has 2 heterocycles. The van der Waals surface area contributed by atoms with Gasteiger partial charge in [-0.1, -0.05) is 71.3 Å². The summed E-state index contributed by atoms with van der Waals surface area (Å²) < 4.78 is 5.52. The van der Waals surface area contributed by atoms with Crippen LogP contribution in [-0.4, -0.2) is 51.3 Å². The number of halogens is 1. The molecule has 6 atom stereocenters. The summed E-state index contributed by atoms with van der Waals surface area (Å²) in [7, 11) is 1.42. The van der Waals surface area contributed by atoms with E-state index in [0.29, 0.717) is 23.2 Å². The number of fused-ring (bicyclic) bond motifs is 4. The summed E-state index contributed by atoms with van der Waals surface area (Å²) in [6.07, 6.45) is 2.50. The number of imide groups is 2. The Morgan fingerprint density at radius 3 is 2.27 bits per heavy atom. The summed E-state index contributed by atoms with van der Waals surface area (Å²) in [6.45, 7) is 7.49. The van der Waals surface area contributed by atoms with Crippen LogP contribution in [0.15, 0.2) is 78.4 Å². The molecule has 2 aliphatic heterocycles. The lowest BCUT2D eigenvalue weighted by Crippen LogP contribution is -2.53. The van der Waals surface area contributed by atoms with E-state index in [9.17, 15) is 19.5 Å². The zero-order valence-corrected chi connectivity index (χ0v) is 28.2. The number of hydrogen-bond acceptors (Lipinski definition) is 7. The molecule has 3 fully saturated rings. The van der Waals surface area contributed by atoms with Crippen LogP contribution in [0.4, 0.5) is 5.69 Å². The van der Waals surface area contributed by atoms with Gasteiger partial charge in [0.2, 0.25) is 11.8 Å². The van der Waals surface area contributed by atoms with Gasteiger partial charge in [0.15, 0.2) is 11.5 Å². The Balaban J connectivity index is 1.48. The molecule has 248 valence electrons. The van der Waals surface area contributed by atoms with Gasteiger partial charge in [0, 0.05) is 11.5 Å². The van der Waals surface area contributed by atoms with Crippen LogP contribution in [0, 0.1) is 30.6 Å². The number of carbonyl (C=O) groups is 4. The largest absolute Gasteiger partial charge is 0.503 e. The van der Waals surface area contributed by atoms with Crippen molar-refractivity contribution in [3.05, 3.63) is 100 Å². The maximum atomic E-state index is 15.2. The average molecular weight is 668 g/mol. The third kappa shape index (κ3) is 4.50. The monoisotopic (exact) mass is 667 g/mol. The van der Waals surface area contributed by atoms with Crippen molar-refractivity contribution >= 4 is 40.9 Å². The molecule has 6 unspecified atom stereocenters. The number of phenolic OH excluding ortho intramolecular Hbond substituents is 1. The van der Waals surface area contributed by atoms with Crippen LogP contribution in [0.1, 0.15) is 56.2 Å². The third-order valence-corrected chi connectivity index (χ3v) is 11.0. The SMILES string of the molecule is COc1cc(C2C3=CCC4C(=O)N(C(C)(C)C)C(=O)C4C3CC3C(=O)N(Nc4ccc(C)cc4)C(=O)C32c2ccccc2)cc(Cl)c1O. The standard InChI is InChI=1S/C38H38ClN3O6/c1-20-11-13-23(14-12-20)40-42-34(45)27-19-26-24(15-16-25-30(26)35(46)41(33(25)44)37(2,3)4)31(21-17-28(39)32(43)29(18-21)48-5)38(27,36(42)47)22-9-7-6-8-10-22/h6-15,17-18,25-27,30-31,40,43H,16,19H2,1-5H3. The van der Waals surface area contributed by atoms with Gasteiger partial charge < -0.3 is 9.84 Å². The molecule has 2 saturated heterocycles. The molecule has 0 aromatic heterocycles. The van der Waals surface area contributed by atoms with E-state index in [1.165, 1.54) is 12.0 Å². The van der Waals surface area contributed by atoms with Gasteiger partial charge in [-0.25, -0.2) is 0 Å². The van der Waals surface area contributed by atoms with E-state index in [0.717, 1.165) is 16.1 Å².